The van der Waals surface area contributed by atoms with Gasteiger partial charge in [0.25, 0.3) is 5.91 Å². The molecule has 1 amide bonds. The lowest BCUT2D eigenvalue weighted by Crippen LogP contribution is -2.30. The SMILES string of the molecule is Nc1sc(-c2ccc3nccn3c2)nc1C(=O)Nc1cnccc1N1CCCCC1. The first-order valence-electron chi connectivity index (χ1n) is 9.89. The van der Waals surface area contributed by atoms with Crippen LogP contribution in [0.4, 0.5) is 16.4 Å². The van der Waals surface area contributed by atoms with Gasteiger partial charge < -0.3 is 20.4 Å². The second-order valence-electron chi connectivity index (χ2n) is 7.24. The van der Waals surface area contributed by atoms with Crippen molar-refractivity contribution < 1.29 is 4.79 Å². The first kappa shape index (κ1) is 18.6. The van der Waals surface area contributed by atoms with E-state index in [0.29, 0.717) is 15.7 Å². The molecule has 0 saturated carbocycles. The Kier molecular flexibility index (Phi) is 4.80. The summed E-state index contributed by atoms with van der Waals surface area (Å²) in [4.78, 5) is 28.2. The summed E-state index contributed by atoms with van der Waals surface area (Å²) in [5.74, 6) is -0.329. The Labute approximate surface area is 177 Å². The molecule has 9 heteroatoms. The van der Waals surface area contributed by atoms with Gasteiger partial charge in [0.05, 0.1) is 17.6 Å². The fraction of sp³-hybridized carbons (Fsp3) is 0.238. The number of piperidine rings is 1. The number of amides is 1. The van der Waals surface area contributed by atoms with Gasteiger partial charge in [-0.3, -0.25) is 9.78 Å². The smallest absolute Gasteiger partial charge is 0.277 e. The van der Waals surface area contributed by atoms with Crippen LogP contribution in [0.1, 0.15) is 29.8 Å². The number of carbonyl (C=O) groups is 1. The third-order valence-corrected chi connectivity index (χ3v) is 6.18. The number of anilines is 3. The van der Waals surface area contributed by atoms with Crippen molar-refractivity contribution in [3.05, 3.63) is 54.9 Å². The van der Waals surface area contributed by atoms with E-state index in [4.69, 9.17) is 5.73 Å². The summed E-state index contributed by atoms with van der Waals surface area (Å²) in [7, 11) is 0. The molecule has 4 aromatic heterocycles. The van der Waals surface area contributed by atoms with E-state index >= 15 is 0 Å². The van der Waals surface area contributed by atoms with E-state index in [1.54, 1.807) is 18.6 Å². The average Bonchev–Trinajstić information content (AvgIpc) is 3.40. The van der Waals surface area contributed by atoms with Crippen LogP contribution in [-0.2, 0) is 0 Å². The highest BCUT2D eigenvalue weighted by molar-refractivity contribution is 7.19. The minimum Gasteiger partial charge on any atom is -0.389 e. The maximum Gasteiger partial charge on any atom is 0.277 e. The fourth-order valence-corrected chi connectivity index (χ4v) is 4.56. The highest BCUT2D eigenvalue weighted by Crippen LogP contribution is 2.32. The number of nitrogens with zero attached hydrogens (tertiary/aromatic N) is 5. The van der Waals surface area contributed by atoms with E-state index in [1.165, 1.54) is 17.8 Å². The Hall–Kier alpha value is -3.46. The minimum atomic E-state index is -0.329. The second-order valence-corrected chi connectivity index (χ2v) is 8.27. The summed E-state index contributed by atoms with van der Waals surface area (Å²) in [5, 5.41) is 4.04. The van der Waals surface area contributed by atoms with Crippen molar-refractivity contribution in [2.45, 2.75) is 19.3 Å². The molecule has 30 heavy (non-hydrogen) atoms. The molecule has 0 spiro atoms. The molecule has 0 aliphatic carbocycles. The third kappa shape index (κ3) is 3.48. The molecule has 5 heterocycles. The highest BCUT2D eigenvalue weighted by atomic mass is 32.1. The molecule has 0 atom stereocenters. The number of carbonyl (C=O) groups excluding carboxylic acids is 1. The Bertz CT molecular complexity index is 1210. The first-order valence-corrected chi connectivity index (χ1v) is 10.7. The molecule has 5 rings (SSSR count). The number of thiazole rings is 1. The van der Waals surface area contributed by atoms with Gasteiger partial charge in [-0.15, -0.1) is 0 Å². The van der Waals surface area contributed by atoms with Crippen LogP contribution >= 0.6 is 11.3 Å². The standard InChI is InChI=1S/C21H21N7OS/c22-19-18(26-21(30-19)14-4-5-17-24-8-11-28(17)13-14)20(29)25-15-12-23-7-6-16(15)27-9-2-1-3-10-27/h4-8,11-13H,1-3,9-10,22H2,(H,25,29). The van der Waals surface area contributed by atoms with E-state index in [0.717, 1.165) is 42.8 Å². The van der Waals surface area contributed by atoms with Gasteiger partial charge in [-0.05, 0) is 37.5 Å². The Morgan fingerprint density at radius 3 is 2.87 bits per heavy atom. The summed E-state index contributed by atoms with van der Waals surface area (Å²) < 4.78 is 1.91. The number of imidazole rings is 1. The second kappa shape index (κ2) is 7.75. The summed E-state index contributed by atoms with van der Waals surface area (Å²) in [6, 6.07) is 5.78. The van der Waals surface area contributed by atoms with Crippen LogP contribution in [0.25, 0.3) is 16.2 Å². The molecule has 1 aliphatic rings. The number of aromatic nitrogens is 4. The average molecular weight is 420 g/mol. The molecule has 1 aliphatic heterocycles. The Morgan fingerprint density at radius 2 is 2.00 bits per heavy atom. The zero-order valence-corrected chi connectivity index (χ0v) is 17.1. The molecule has 4 aromatic rings. The summed E-state index contributed by atoms with van der Waals surface area (Å²) in [6.45, 7) is 1.96. The maximum atomic E-state index is 13.0. The molecular weight excluding hydrogens is 398 g/mol. The van der Waals surface area contributed by atoms with Gasteiger partial charge >= 0.3 is 0 Å². The van der Waals surface area contributed by atoms with Crippen molar-refractivity contribution in [2.24, 2.45) is 0 Å². The largest absolute Gasteiger partial charge is 0.389 e. The number of fused-ring (bicyclic) bond motifs is 1. The van der Waals surface area contributed by atoms with E-state index < -0.39 is 0 Å². The number of nitrogens with one attached hydrogen (secondary N) is 1. The molecule has 1 saturated heterocycles. The third-order valence-electron chi connectivity index (χ3n) is 5.25. The fourth-order valence-electron chi connectivity index (χ4n) is 3.74. The van der Waals surface area contributed by atoms with Gasteiger partial charge in [-0.1, -0.05) is 11.3 Å². The van der Waals surface area contributed by atoms with Gasteiger partial charge in [-0.2, -0.15) is 0 Å². The zero-order valence-electron chi connectivity index (χ0n) is 16.3. The van der Waals surface area contributed by atoms with Crippen molar-refractivity contribution in [1.29, 1.82) is 0 Å². The van der Waals surface area contributed by atoms with Gasteiger partial charge in [0, 0.05) is 43.4 Å². The lowest BCUT2D eigenvalue weighted by molar-refractivity contribution is 0.102. The summed E-state index contributed by atoms with van der Waals surface area (Å²) in [6.07, 6.45) is 12.5. The van der Waals surface area contributed by atoms with Crippen LogP contribution in [-0.4, -0.2) is 38.3 Å². The van der Waals surface area contributed by atoms with Crippen molar-refractivity contribution >= 4 is 39.3 Å². The summed E-state index contributed by atoms with van der Waals surface area (Å²) in [5.41, 5.74) is 9.78. The topological polar surface area (TPSA) is 101 Å². The number of nitrogens with two attached hydrogens (primary N) is 1. The molecule has 3 N–H and O–H groups in total. The summed E-state index contributed by atoms with van der Waals surface area (Å²) >= 11 is 1.30. The number of rotatable bonds is 4. The molecule has 0 unspecified atom stereocenters. The van der Waals surface area contributed by atoms with E-state index in [9.17, 15) is 4.79 Å². The normalized spacial score (nSPS) is 14.2. The zero-order chi connectivity index (χ0) is 20.5. The predicted octanol–water partition coefficient (Wildman–Crippen LogP) is 3.68. The lowest BCUT2D eigenvalue weighted by Gasteiger charge is -2.30. The van der Waals surface area contributed by atoms with Gasteiger partial charge in [0.1, 0.15) is 15.7 Å². The number of nitrogen functional groups attached to an aromatic ring is 1. The van der Waals surface area contributed by atoms with Crippen molar-refractivity contribution in [3.63, 3.8) is 0 Å². The number of pyridine rings is 2. The maximum absolute atomic E-state index is 13.0. The molecular formula is C21H21N7OS. The van der Waals surface area contributed by atoms with Gasteiger partial charge in [0.2, 0.25) is 0 Å². The first-order chi connectivity index (χ1) is 14.7. The van der Waals surface area contributed by atoms with Crippen LogP contribution in [0.15, 0.2) is 49.2 Å². The van der Waals surface area contributed by atoms with Gasteiger partial charge in [-0.25, -0.2) is 9.97 Å². The predicted molar refractivity (Wildman–Crippen MR) is 119 cm³/mol. The molecule has 1 fully saturated rings. The van der Waals surface area contributed by atoms with Crippen LogP contribution in [0.2, 0.25) is 0 Å². The van der Waals surface area contributed by atoms with E-state index in [1.807, 2.05) is 35.0 Å². The van der Waals surface area contributed by atoms with Crippen LogP contribution < -0.4 is 16.0 Å². The van der Waals surface area contributed by atoms with E-state index in [-0.39, 0.29) is 11.6 Å². The van der Waals surface area contributed by atoms with Crippen molar-refractivity contribution in [2.75, 3.05) is 29.0 Å². The molecule has 0 bridgehead atoms. The van der Waals surface area contributed by atoms with Gasteiger partial charge in [0.15, 0.2) is 5.69 Å². The number of hydrogen-bond donors (Lipinski definition) is 2. The molecule has 0 radical (unpaired) electrons. The van der Waals surface area contributed by atoms with Crippen molar-refractivity contribution in [3.8, 4) is 10.6 Å². The highest BCUT2D eigenvalue weighted by Gasteiger charge is 2.21. The Morgan fingerprint density at radius 1 is 1.13 bits per heavy atom. The quantitative estimate of drug-likeness (QED) is 0.523. The molecule has 8 nitrogen and oxygen atoms in total. The Balaban J connectivity index is 1.41. The van der Waals surface area contributed by atoms with Crippen LogP contribution in [0, 0.1) is 0 Å². The minimum absolute atomic E-state index is 0.231. The van der Waals surface area contributed by atoms with Crippen LogP contribution in [0.5, 0.6) is 0 Å². The lowest BCUT2D eigenvalue weighted by atomic mass is 10.1. The number of hydrogen-bond acceptors (Lipinski definition) is 7. The molecule has 152 valence electrons. The molecule has 0 aromatic carbocycles. The monoisotopic (exact) mass is 419 g/mol. The van der Waals surface area contributed by atoms with Crippen LogP contribution in [0.3, 0.4) is 0 Å². The van der Waals surface area contributed by atoms with E-state index in [2.05, 4.69) is 25.2 Å². The van der Waals surface area contributed by atoms with Crippen molar-refractivity contribution in [1.82, 2.24) is 19.4 Å².